The second-order valence-corrected chi connectivity index (χ2v) is 31.5. The Labute approximate surface area is 675 Å². The third-order valence-corrected chi connectivity index (χ3v) is 23.6. The molecule has 14 rings (SSSR count). The lowest BCUT2D eigenvalue weighted by Gasteiger charge is -2.45. The summed E-state index contributed by atoms with van der Waals surface area (Å²) in [7, 11) is 3.28. The molecule has 2 atom stereocenters. The minimum Gasteiger partial charge on any atom is -0.495 e. The van der Waals surface area contributed by atoms with E-state index >= 15 is 0 Å². The molecule has 5 aliphatic rings. The number of hydrogen-bond acceptors (Lipinski definition) is 20. The van der Waals surface area contributed by atoms with Gasteiger partial charge >= 0.3 is 6.03 Å². The van der Waals surface area contributed by atoms with E-state index < -0.39 is 41.9 Å². The number of aromatic amines is 1. The Kier molecular flexibility index (Phi) is 26.3. The standard InChI is InChI=1S/C87H93N13O13S2/c1-86(91-39-16-19-59-26-31-72(109-3)71(52-59)99-43-35-74(102)94-85(99)108)37-44-97(45-38-86)62-33-41-98(42-34-62)84-93-69-30-27-60(68-55-96(2)81(105)76-66(68)32-40-88-76)53-67(69)79(95-84)87(113-63-28-29-63,61-20-10-5-11-21-61)56-112-57-90-80(104)70(51-58-17-8-4-9-18-58)92-75(103)54-89-73(101)36-47-110-49-50-111-48-46-100-82(106)77(114-64-22-12-6-13-23-64)78(83(100)107)115-65-24-14-7-15-25-65/h4-15,17-18,20-27,30-32,40,52-53,55,62-63,70,88,91H,28-29,33-39,41-51,54,56-57H2,1-3H3,(H,89,101)(H,90,104)(H,92,103)(H,94,102,108)/t70-,87-/m0/s1. The van der Waals surface area contributed by atoms with Crippen molar-refractivity contribution in [1.29, 1.82) is 0 Å². The van der Waals surface area contributed by atoms with E-state index in [0.29, 0.717) is 75.0 Å². The predicted octanol–water partition coefficient (Wildman–Crippen LogP) is 9.34. The van der Waals surface area contributed by atoms with E-state index in [9.17, 15) is 38.4 Å². The lowest BCUT2D eigenvalue weighted by atomic mass is 9.87. The lowest BCUT2D eigenvalue weighted by molar-refractivity contribution is -0.138. The second-order valence-electron chi connectivity index (χ2n) is 29.3. The number of hydrogen-bond donors (Lipinski definition) is 6. The number of nitrogens with one attached hydrogen (secondary N) is 6. The van der Waals surface area contributed by atoms with E-state index in [0.717, 1.165) is 94.6 Å². The Morgan fingerprint density at radius 2 is 1.39 bits per heavy atom. The van der Waals surface area contributed by atoms with Crippen LogP contribution < -0.4 is 46.7 Å². The summed E-state index contributed by atoms with van der Waals surface area (Å²) in [6, 6.07) is 50.2. The van der Waals surface area contributed by atoms with Crippen molar-refractivity contribution in [3.05, 3.63) is 219 Å². The van der Waals surface area contributed by atoms with Gasteiger partial charge in [-0.15, -0.1) is 0 Å². The summed E-state index contributed by atoms with van der Waals surface area (Å²) < 4.78 is 32.7. The van der Waals surface area contributed by atoms with Gasteiger partial charge in [0.05, 0.1) is 92.6 Å². The highest BCUT2D eigenvalue weighted by molar-refractivity contribution is 8.08. The molecule has 3 saturated heterocycles. The Balaban J connectivity index is 0.608. The molecule has 9 aromatic rings. The lowest BCUT2D eigenvalue weighted by Crippen LogP contribution is -2.55. The van der Waals surface area contributed by atoms with Crippen LogP contribution >= 0.6 is 23.5 Å². The number of aromatic nitrogens is 4. The molecular formula is C87H93N13O13S2. The van der Waals surface area contributed by atoms with Crippen molar-refractivity contribution in [2.45, 2.75) is 104 Å². The van der Waals surface area contributed by atoms with Gasteiger partial charge in [0.25, 0.3) is 17.4 Å². The number of urea groups is 1. The molecular weight excluding hydrogens is 1500 g/mol. The third-order valence-electron chi connectivity index (χ3n) is 21.3. The van der Waals surface area contributed by atoms with Crippen LogP contribution in [0.5, 0.6) is 5.75 Å². The van der Waals surface area contributed by atoms with Gasteiger partial charge in [0, 0.05) is 115 Å². The quantitative estimate of drug-likeness (QED) is 0.00947. The van der Waals surface area contributed by atoms with Crippen LogP contribution in [-0.2, 0) is 66.8 Å². The minimum atomic E-state index is -1.38. The zero-order valence-electron chi connectivity index (χ0n) is 64.5. The van der Waals surface area contributed by atoms with E-state index in [1.807, 2.05) is 158 Å². The maximum Gasteiger partial charge on any atom is 0.328 e. The minimum absolute atomic E-state index is 0.0250. The molecule has 7 heterocycles. The van der Waals surface area contributed by atoms with Gasteiger partial charge < -0.3 is 64.3 Å². The monoisotopic (exact) mass is 1590 g/mol. The van der Waals surface area contributed by atoms with Crippen LogP contribution in [-0.4, -0.2) is 194 Å². The van der Waals surface area contributed by atoms with Gasteiger partial charge in [0.2, 0.25) is 29.6 Å². The first kappa shape index (κ1) is 80.6. The van der Waals surface area contributed by atoms with Crippen molar-refractivity contribution < 1.29 is 57.2 Å². The van der Waals surface area contributed by atoms with Crippen LogP contribution in [0.15, 0.2) is 201 Å². The first-order chi connectivity index (χ1) is 56.0. The maximum absolute atomic E-state index is 14.5. The number of rotatable bonds is 34. The SMILES string of the molecule is COc1ccc(C#CCNC2(C)CCN(C3CCN(c4nc([C@@](COCNC(=O)[C@H](Cc5ccccc5)NC(=O)CNC(=O)CCOCCOCCN5C(=O)C(Sc6ccccc6)=C(Sc6ccccc6)C5=O)(OC5CC5)c5ccccc5)c5cc(-c6cn(C)c(=O)c7[nH]ccc67)ccc5n4)CC3)CC2)cc1N1CCC(=O)NC1=O. The number of H-pyrrole nitrogens is 1. The number of carbonyl (C=O) groups is 7. The van der Waals surface area contributed by atoms with Gasteiger partial charge in [-0.05, 0) is 123 Å². The summed E-state index contributed by atoms with van der Waals surface area (Å²) in [4.78, 5) is 131. The van der Waals surface area contributed by atoms with Crippen molar-refractivity contribution in [2.24, 2.45) is 7.05 Å². The fourth-order valence-electron chi connectivity index (χ4n) is 14.8. The number of ether oxygens (including phenoxy) is 5. The average Bonchev–Trinajstić information content (AvgIpc) is 1.09. The van der Waals surface area contributed by atoms with E-state index in [1.54, 1.807) is 31.0 Å². The molecule has 4 aliphatic heterocycles. The molecule has 28 heteroatoms. The molecule has 3 aromatic heterocycles. The fraction of sp³-hybridized carbons (Fsp3) is 0.356. The van der Waals surface area contributed by atoms with E-state index in [4.69, 9.17) is 33.7 Å². The van der Waals surface area contributed by atoms with E-state index in [1.165, 1.54) is 33.3 Å². The molecule has 0 radical (unpaired) electrons. The highest BCUT2D eigenvalue weighted by Gasteiger charge is 2.46. The van der Waals surface area contributed by atoms with Gasteiger partial charge in [-0.25, -0.2) is 14.8 Å². The van der Waals surface area contributed by atoms with Gasteiger partial charge in [-0.1, -0.05) is 138 Å². The molecule has 1 saturated carbocycles. The maximum atomic E-state index is 14.5. The van der Waals surface area contributed by atoms with E-state index in [-0.39, 0.29) is 107 Å². The first-order valence-corrected chi connectivity index (χ1v) is 40.5. The number of pyridine rings is 1. The summed E-state index contributed by atoms with van der Waals surface area (Å²) in [6.07, 6.45) is 8.96. The van der Waals surface area contributed by atoms with Crippen LogP contribution in [0.4, 0.5) is 16.4 Å². The molecule has 115 heavy (non-hydrogen) atoms. The zero-order valence-corrected chi connectivity index (χ0v) is 66.1. The van der Waals surface area contributed by atoms with Gasteiger partial charge in [0.1, 0.15) is 24.0 Å². The van der Waals surface area contributed by atoms with Crippen LogP contribution in [0, 0.1) is 11.8 Å². The Hall–Kier alpha value is -11.0. The normalized spacial score (nSPS) is 16.8. The second kappa shape index (κ2) is 37.5. The summed E-state index contributed by atoms with van der Waals surface area (Å²) in [5.74, 6) is 4.97. The molecule has 4 fully saturated rings. The summed E-state index contributed by atoms with van der Waals surface area (Å²) in [5, 5.41) is 16.0. The molecule has 8 amide bonds. The molecule has 0 unspecified atom stereocenters. The molecule has 1 aliphatic carbocycles. The number of thioether (sulfide) groups is 2. The summed E-state index contributed by atoms with van der Waals surface area (Å²) in [6.45, 7) is 5.81. The van der Waals surface area contributed by atoms with Crippen molar-refractivity contribution in [1.82, 2.24) is 55.9 Å². The molecule has 6 aromatic carbocycles. The number of carbonyl (C=O) groups excluding carboxylic acids is 7. The van der Waals surface area contributed by atoms with Crippen molar-refractivity contribution >= 4 is 98.4 Å². The molecule has 0 bridgehead atoms. The molecule has 0 spiro atoms. The number of anilines is 2. The Bertz CT molecular complexity index is 5120. The largest absolute Gasteiger partial charge is 0.495 e. The molecule has 596 valence electrons. The molecule has 26 nitrogen and oxygen atoms in total. The average molecular weight is 1590 g/mol. The highest BCUT2D eigenvalue weighted by atomic mass is 32.2. The zero-order chi connectivity index (χ0) is 79.8. The van der Waals surface area contributed by atoms with Gasteiger partial charge in [-0.2, -0.15) is 0 Å². The molecule has 6 N–H and O–H groups in total. The fourth-order valence-corrected chi connectivity index (χ4v) is 16.9. The number of amides is 8. The summed E-state index contributed by atoms with van der Waals surface area (Å²) in [5.41, 5.74) is 4.57. The van der Waals surface area contributed by atoms with Crippen molar-refractivity contribution in [3.63, 3.8) is 0 Å². The topological polar surface area (TPSA) is 302 Å². The number of imide groups is 2. The number of benzene rings is 6. The number of nitrogens with zero attached hydrogens (tertiary/aromatic N) is 7. The third kappa shape index (κ3) is 19.9. The summed E-state index contributed by atoms with van der Waals surface area (Å²) >= 11 is 2.52. The number of likely N-dealkylation sites (tertiary alicyclic amines) is 1. The van der Waals surface area contributed by atoms with Crippen LogP contribution in [0.25, 0.3) is 32.9 Å². The number of aryl methyl sites for hydroxylation is 1. The Morgan fingerprint density at radius 3 is 2.07 bits per heavy atom. The van der Waals surface area contributed by atoms with Crippen molar-refractivity contribution in [3.8, 4) is 28.7 Å². The van der Waals surface area contributed by atoms with Crippen LogP contribution in [0.3, 0.4) is 0 Å². The van der Waals surface area contributed by atoms with Crippen LogP contribution in [0.1, 0.15) is 80.7 Å². The number of piperidine rings is 2. The number of methoxy groups -OCH3 is 1. The van der Waals surface area contributed by atoms with Gasteiger partial charge in [-0.3, -0.25) is 48.7 Å². The Morgan fingerprint density at radius 1 is 0.713 bits per heavy atom. The van der Waals surface area contributed by atoms with Crippen molar-refractivity contribution in [2.75, 3.05) is 109 Å². The van der Waals surface area contributed by atoms with Crippen LogP contribution in [0.2, 0.25) is 0 Å². The highest BCUT2D eigenvalue weighted by Crippen LogP contribution is 2.46. The van der Waals surface area contributed by atoms with Gasteiger partial charge in [0.15, 0.2) is 5.60 Å². The number of fused-ring (bicyclic) bond motifs is 2. The smallest absolute Gasteiger partial charge is 0.328 e. The van der Waals surface area contributed by atoms with E-state index in [2.05, 4.69) is 66.2 Å². The first-order valence-electron chi connectivity index (χ1n) is 38.9. The predicted molar refractivity (Wildman–Crippen MR) is 440 cm³/mol.